The van der Waals surface area contributed by atoms with Crippen molar-refractivity contribution in [2.24, 2.45) is 11.3 Å². The topological polar surface area (TPSA) is 66.9 Å². The van der Waals surface area contributed by atoms with E-state index >= 15 is 0 Å². The number of halogens is 1. The summed E-state index contributed by atoms with van der Waals surface area (Å²) < 4.78 is 11.1. The molecule has 0 bridgehead atoms. The van der Waals surface area contributed by atoms with E-state index in [0.717, 1.165) is 99.8 Å². The molecule has 1 spiro atoms. The van der Waals surface area contributed by atoms with Gasteiger partial charge in [-0.25, -0.2) is 4.98 Å². The van der Waals surface area contributed by atoms with Gasteiger partial charge < -0.3 is 19.7 Å². The van der Waals surface area contributed by atoms with Crippen molar-refractivity contribution in [3.05, 3.63) is 29.4 Å². The van der Waals surface area contributed by atoms with Gasteiger partial charge in [-0.15, -0.1) is 0 Å². The van der Waals surface area contributed by atoms with E-state index < -0.39 is 0 Å². The molecule has 3 saturated heterocycles. The van der Waals surface area contributed by atoms with Crippen LogP contribution >= 0.6 is 11.6 Å². The molecule has 2 unspecified atom stereocenters. The maximum Gasteiger partial charge on any atom is 0.229 e. The molecule has 3 aliphatic heterocycles. The van der Waals surface area contributed by atoms with E-state index in [1.807, 2.05) is 12.1 Å². The summed E-state index contributed by atoms with van der Waals surface area (Å²) in [4.78, 5) is 22.3. The Bertz CT molecular complexity index is 1090. The van der Waals surface area contributed by atoms with Crippen LogP contribution in [0.2, 0.25) is 5.02 Å². The molecule has 182 valence electrons. The quantitative estimate of drug-likeness (QED) is 0.709. The van der Waals surface area contributed by atoms with Gasteiger partial charge in [0.1, 0.15) is 5.82 Å². The fraction of sp³-hybridized carbons (Fsp3) is 0.615. The molecule has 1 aromatic carbocycles. The van der Waals surface area contributed by atoms with Crippen LogP contribution < -0.4 is 10.2 Å². The number of hydrogen-bond acceptors (Lipinski definition) is 6. The zero-order valence-electron chi connectivity index (χ0n) is 19.8. The largest absolute Gasteiger partial charge is 0.381 e. The van der Waals surface area contributed by atoms with E-state index in [9.17, 15) is 4.79 Å². The zero-order chi connectivity index (χ0) is 23.3. The van der Waals surface area contributed by atoms with Crippen molar-refractivity contribution >= 4 is 39.8 Å². The molecule has 8 heteroatoms. The maximum atomic E-state index is 12.9. The van der Waals surface area contributed by atoms with Gasteiger partial charge in [0.05, 0.1) is 17.3 Å². The second-order valence-electron chi connectivity index (χ2n) is 10.7. The number of pyridine rings is 1. The minimum atomic E-state index is 0.0816. The molecular weight excluding hydrogens is 452 g/mol. The summed E-state index contributed by atoms with van der Waals surface area (Å²) in [6, 6.07) is 6.10. The van der Waals surface area contributed by atoms with Crippen LogP contribution in [0.1, 0.15) is 32.6 Å². The molecule has 7 nitrogen and oxygen atoms in total. The number of ether oxygens (including phenoxy) is 2. The Morgan fingerprint density at radius 3 is 2.56 bits per heavy atom. The molecule has 2 aromatic rings. The Morgan fingerprint density at radius 1 is 1.06 bits per heavy atom. The van der Waals surface area contributed by atoms with Crippen LogP contribution in [0.15, 0.2) is 24.4 Å². The summed E-state index contributed by atoms with van der Waals surface area (Å²) in [5.74, 6) is 0.778. The number of rotatable bonds is 4. The fourth-order valence-corrected chi connectivity index (χ4v) is 6.41. The van der Waals surface area contributed by atoms with Crippen LogP contribution in [0.5, 0.6) is 0 Å². The van der Waals surface area contributed by atoms with Crippen molar-refractivity contribution in [3.63, 3.8) is 0 Å². The molecule has 4 heterocycles. The lowest BCUT2D eigenvalue weighted by atomic mass is 9.93. The number of amides is 1. The Hall–Kier alpha value is -1.93. The van der Waals surface area contributed by atoms with E-state index in [-0.39, 0.29) is 22.8 Å². The van der Waals surface area contributed by atoms with E-state index in [0.29, 0.717) is 5.82 Å². The van der Waals surface area contributed by atoms with Gasteiger partial charge >= 0.3 is 0 Å². The average molecular weight is 485 g/mol. The Balaban J connectivity index is 1.16. The van der Waals surface area contributed by atoms with Gasteiger partial charge in [-0.3, -0.25) is 9.69 Å². The highest BCUT2D eigenvalue weighted by Crippen LogP contribution is 2.59. The van der Waals surface area contributed by atoms with Crippen molar-refractivity contribution < 1.29 is 14.3 Å². The number of carbonyl (C=O) groups excluding carboxylic acids is 1. The highest BCUT2D eigenvalue weighted by molar-refractivity contribution is 6.34. The molecular formula is C26H33ClN4O3. The smallest absolute Gasteiger partial charge is 0.229 e. The van der Waals surface area contributed by atoms with Crippen molar-refractivity contribution in [1.29, 1.82) is 0 Å². The van der Waals surface area contributed by atoms with Gasteiger partial charge in [0.15, 0.2) is 0 Å². The second-order valence-corrected chi connectivity index (χ2v) is 11.1. The number of benzene rings is 1. The summed E-state index contributed by atoms with van der Waals surface area (Å²) in [6.45, 7) is 9.39. The first-order valence-corrected chi connectivity index (χ1v) is 12.9. The van der Waals surface area contributed by atoms with Gasteiger partial charge in [0.25, 0.3) is 0 Å². The Kier molecular flexibility index (Phi) is 5.72. The van der Waals surface area contributed by atoms with Crippen molar-refractivity contribution in [3.8, 4) is 0 Å². The molecule has 4 aliphatic rings. The van der Waals surface area contributed by atoms with Crippen LogP contribution in [0.25, 0.3) is 10.8 Å². The highest BCUT2D eigenvalue weighted by Gasteiger charge is 2.58. The minimum Gasteiger partial charge on any atom is -0.381 e. The van der Waals surface area contributed by atoms with Gasteiger partial charge in [0, 0.05) is 69.0 Å². The van der Waals surface area contributed by atoms with E-state index in [1.165, 1.54) is 0 Å². The van der Waals surface area contributed by atoms with Gasteiger partial charge in [-0.2, -0.15) is 0 Å². The number of nitrogens with zero attached hydrogens (tertiary/aromatic N) is 3. The summed E-state index contributed by atoms with van der Waals surface area (Å²) in [5, 5.41) is 5.83. The van der Waals surface area contributed by atoms with Crippen LogP contribution in [-0.2, 0) is 14.3 Å². The number of anilines is 2. The standard InChI is InChI=1S/C26H33ClN4O3/c1-25(2-9-34-17-25)31-7-5-30(6-8-31)22-13-18-14-23(28-16-19(18)12-21(22)27)29-24(32)20-15-26(20)3-10-33-11-4-26/h12-14,16,20H,2-11,15,17H2,1H3,(H,28,29,32). The first-order chi connectivity index (χ1) is 16.5. The van der Waals surface area contributed by atoms with E-state index in [4.69, 9.17) is 21.1 Å². The monoisotopic (exact) mass is 484 g/mol. The molecule has 1 aliphatic carbocycles. The van der Waals surface area contributed by atoms with Crippen molar-refractivity contribution in [2.45, 2.75) is 38.1 Å². The van der Waals surface area contributed by atoms with Gasteiger partial charge in [-0.1, -0.05) is 11.6 Å². The lowest BCUT2D eigenvalue weighted by molar-refractivity contribution is -0.118. The minimum absolute atomic E-state index is 0.0816. The number of nitrogens with one attached hydrogen (secondary N) is 1. The Morgan fingerprint density at radius 2 is 1.82 bits per heavy atom. The third-order valence-electron chi connectivity index (χ3n) is 8.62. The number of aromatic nitrogens is 1. The average Bonchev–Trinajstić information content (AvgIpc) is 3.34. The fourth-order valence-electron chi connectivity index (χ4n) is 6.12. The van der Waals surface area contributed by atoms with E-state index in [1.54, 1.807) is 6.20 Å². The van der Waals surface area contributed by atoms with Gasteiger partial charge in [0.2, 0.25) is 5.91 Å². The van der Waals surface area contributed by atoms with Crippen molar-refractivity contribution in [1.82, 2.24) is 9.88 Å². The van der Waals surface area contributed by atoms with Crippen LogP contribution in [0, 0.1) is 11.3 Å². The normalized spacial score (nSPS) is 29.0. The Labute approximate surface area is 205 Å². The first kappa shape index (κ1) is 22.5. The van der Waals surface area contributed by atoms with Gasteiger partial charge in [-0.05, 0) is 61.6 Å². The maximum absolute atomic E-state index is 12.9. The lowest BCUT2D eigenvalue weighted by Crippen LogP contribution is -2.56. The highest BCUT2D eigenvalue weighted by atomic mass is 35.5. The third kappa shape index (κ3) is 4.06. The molecule has 6 rings (SSSR count). The second kappa shape index (κ2) is 8.63. The summed E-state index contributed by atoms with van der Waals surface area (Å²) in [7, 11) is 0. The number of hydrogen-bond donors (Lipinski definition) is 1. The third-order valence-corrected chi connectivity index (χ3v) is 8.92. The van der Waals surface area contributed by atoms with Crippen LogP contribution in [0.3, 0.4) is 0 Å². The summed E-state index contributed by atoms with van der Waals surface area (Å²) in [6.07, 6.45) is 5.83. The van der Waals surface area contributed by atoms with Crippen LogP contribution in [-0.4, -0.2) is 73.9 Å². The zero-order valence-corrected chi connectivity index (χ0v) is 20.6. The summed E-state index contributed by atoms with van der Waals surface area (Å²) in [5.41, 5.74) is 1.36. The first-order valence-electron chi connectivity index (χ1n) is 12.5. The summed E-state index contributed by atoms with van der Waals surface area (Å²) >= 11 is 6.70. The molecule has 0 radical (unpaired) electrons. The molecule has 34 heavy (non-hydrogen) atoms. The predicted octanol–water partition coefficient (Wildman–Crippen LogP) is 3.94. The molecule has 1 amide bonds. The molecule has 1 aromatic heterocycles. The van der Waals surface area contributed by atoms with Crippen molar-refractivity contribution in [2.75, 3.05) is 62.8 Å². The number of fused-ring (bicyclic) bond motifs is 1. The molecule has 2 atom stereocenters. The number of piperazine rings is 1. The van der Waals surface area contributed by atoms with E-state index in [2.05, 4.69) is 33.1 Å². The molecule has 1 saturated carbocycles. The molecule has 1 N–H and O–H groups in total. The SMILES string of the molecule is CC1(N2CCN(c3cc4cc(NC(=O)C5CC56CCOCC6)ncc4cc3Cl)CC2)CCOC1. The lowest BCUT2D eigenvalue weighted by Gasteiger charge is -2.44. The predicted molar refractivity (Wildman–Crippen MR) is 134 cm³/mol. The number of carbonyl (C=O) groups is 1. The molecule has 4 fully saturated rings. The van der Waals surface area contributed by atoms with Crippen LogP contribution in [0.4, 0.5) is 11.5 Å².